The molecule has 0 fully saturated rings. The summed E-state index contributed by atoms with van der Waals surface area (Å²) in [6.45, 7) is 2.38. The van der Waals surface area contributed by atoms with Gasteiger partial charge in [0.1, 0.15) is 5.75 Å². The third kappa shape index (κ3) is 3.08. The second-order valence-electron chi connectivity index (χ2n) is 5.59. The number of halogens is 1. The first-order valence-electron chi connectivity index (χ1n) is 7.49. The van der Waals surface area contributed by atoms with Crippen LogP contribution in [-0.4, -0.2) is 28.0 Å². The number of carboxylic acid groups (broad SMARTS) is 1. The van der Waals surface area contributed by atoms with Crippen LogP contribution in [0.2, 0.25) is 5.02 Å². The van der Waals surface area contributed by atoms with Gasteiger partial charge in [-0.3, -0.25) is 9.48 Å². The number of aliphatic carboxylic acids is 1. The Morgan fingerprint density at radius 2 is 2.12 bits per heavy atom. The van der Waals surface area contributed by atoms with Crippen molar-refractivity contribution in [3.05, 3.63) is 58.2 Å². The molecule has 1 aromatic heterocycles. The van der Waals surface area contributed by atoms with E-state index in [0.29, 0.717) is 17.3 Å². The first kappa shape index (κ1) is 16.3. The fraction of sp³-hybridized carbons (Fsp3) is 0.222. The van der Waals surface area contributed by atoms with Gasteiger partial charge in [-0.15, -0.1) is 0 Å². The van der Waals surface area contributed by atoms with E-state index in [2.05, 4.69) is 5.10 Å². The van der Waals surface area contributed by atoms with Crippen molar-refractivity contribution in [2.75, 3.05) is 7.11 Å². The summed E-state index contributed by atoms with van der Waals surface area (Å²) in [5, 5.41) is 15.2. The molecule has 0 aliphatic carbocycles. The van der Waals surface area contributed by atoms with Crippen molar-refractivity contribution in [2.24, 2.45) is 0 Å². The maximum Gasteiger partial charge on any atom is 0.307 e. The standard InChI is InChI=1S/C18H17ClN2O3/c1-11-13-7-6-12(9-18(22)23)8-16(13)21(20-11)10-14-15(19)4-3-5-17(14)24-2/h3-8H,9-10H2,1-2H3,(H,22,23). The van der Waals surface area contributed by atoms with E-state index in [1.165, 1.54) is 0 Å². The number of rotatable bonds is 5. The average Bonchev–Trinajstić information content (AvgIpc) is 2.84. The van der Waals surface area contributed by atoms with Gasteiger partial charge in [0.15, 0.2) is 0 Å². The lowest BCUT2D eigenvalue weighted by Crippen LogP contribution is -2.05. The predicted molar refractivity (Wildman–Crippen MR) is 92.9 cm³/mol. The number of hydrogen-bond acceptors (Lipinski definition) is 3. The first-order valence-corrected chi connectivity index (χ1v) is 7.86. The molecule has 0 radical (unpaired) electrons. The minimum absolute atomic E-state index is 0.0183. The summed E-state index contributed by atoms with van der Waals surface area (Å²) >= 11 is 6.32. The third-order valence-corrected chi connectivity index (χ3v) is 4.31. The molecule has 0 amide bonds. The highest BCUT2D eigenvalue weighted by atomic mass is 35.5. The van der Waals surface area contributed by atoms with Gasteiger partial charge in [0.2, 0.25) is 0 Å². The average molecular weight is 345 g/mol. The monoisotopic (exact) mass is 344 g/mol. The Kier molecular flexibility index (Phi) is 4.44. The van der Waals surface area contributed by atoms with Crippen molar-refractivity contribution in [2.45, 2.75) is 19.9 Å². The molecule has 0 aliphatic heterocycles. The SMILES string of the molecule is COc1cccc(Cl)c1Cn1nc(C)c2ccc(CC(=O)O)cc21. The number of fused-ring (bicyclic) bond motifs is 1. The quantitative estimate of drug-likeness (QED) is 0.766. The zero-order chi connectivity index (χ0) is 17.3. The Morgan fingerprint density at radius 3 is 2.83 bits per heavy atom. The van der Waals surface area contributed by atoms with Crippen molar-refractivity contribution in [1.29, 1.82) is 0 Å². The first-order chi connectivity index (χ1) is 11.5. The van der Waals surface area contributed by atoms with E-state index in [1.807, 2.05) is 48.0 Å². The second kappa shape index (κ2) is 6.53. The van der Waals surface area contributed by atoms with Gasteiger partial charge in [0.05, 0.1) is 31.3 Å². The van der Waals surface area contributed by atoms with E-state index in [4.69, 9.17) is 21.4 Å². The molecule has 3 aromatic rings. The minimum atomic E-state index is -0.857. The molecule has 124 valence electrons. The zero-order valence-corrected chi connectivity index (χ0v) is 14.2. The Balaban J connectivity index is 2.08. The summed E-state index contributed by atoms with van der Waals surface area (Å²) in [7, 11) is 1.60. The van der Waals surface area contributed by atoms with Gasteiger partial charge in [0.25, 0.3) is 0 Å². The van der Waals surface area contributed by atoms with E-state index < -0.39 is 5.97 Å². The molecule has 6 heteroatoms. The Morgan fingerprint density at radius 1 is 1.33 bits per heavy atom. The molecule has 0 saturated heterocycles. The molecule has 1 N–H and O–H groups in total. The molecule has 24 heavy (non-hydrogen) atoms. The van der Waals surface area contributed by atoms with Gasteiger partial charge < -0.3 is 9.84 Å². The molecule has 0 bridgehead atoms. The van der Waals surface area contributed by atoms with Gasteiger partial charge in [0, 0.05) is 16.0 Å². The summed E-state index contributed by atoms with van der Waals surface area (Å²) in [5.41, 5.74) is 3.35. The number of carbonyl (C=O) groups is 1. The van der Waals surface area contributed by atoms with Crippen LogP contribution < -0.4 is 4.74 Å². The van der Waals surface area contributed by atoms with Crippen LogP contribution in [-0.2, 0) is 17.8 Å². The van der Waals surface area contributed by atoms with Crippen molar-refractivity contribution in [1.82, 2.24) is 9.78 Å². The van der Waals surface area contributed by atoms with Crippen LogP contribution in [0.15, 0.2) is 36.4 Å². The number of ether oxygens (including phenoxy) is 1. The third-order valence-electron chi connectivity index (χ3n) is 3.96. The molecule has 3 rings (SSSR count). The Bertz CT molecular complexity index is 918. The van der Waals surface area contributed by atoms with Crippen LogP contribution in [0.4, 0.5) is 0 Å². The van der Waals surface area contributed by atoms with E-state index in [0.717, 1.165) is 27.7 Å². The number of methoxy groups -OCH3 is 1. The smallest absolute Gasteiger partial charge is 0.307 e. The molecule has 0 atom stereocenters. The molecular weight excluding hydrogens is 328 g/mol. The van der Waals surface area contributed by atoms with Crippen LogP contribution in [0.1, 0.15) is 16.8 Å². The van der Waals surface area contributed by atoms with Crippen LogP contribution in [0.5, 0.6) is 5.75 Å². The molecule has 5 nitrogen and oxygen atoms in total. The van der Waals surface area contributed by atoms with Crippen molar-refractivity contribution >= 4 is 28.5 Å². The molecule has 1 heterocycles. The molecule has 0 saturated carbocycles. The van der Waals surface area contributed by atoms with E-state index in [-0.39, 0.29) is 6.42 Å². The molecule has 2 aromatic carbocycles. The highest BCUT2D eigenvalue weighted by molar-refractivity contribution is 6.31. The second-order valence-corrected chi connectivity index (χ2v) is 5.99. The highest BCUT2D eigenvalue weighted by Crippen LogP contribution is 2.29. The fourth-order valence-corrected chi connectivity index (χ4v) is 3.05. The van der Waals surface area contributed by atoms with Crippen molar-refractivity contribution < 1.29 is 14.6 Å². The Labute approximate surface area is 144 Å². The largest absolute Gasteiger partial charge is 0.496 e. The maximum atomic E-state index is 11.0. The van der Waals surface area contributed by atoms with Gasteiger partial charge in [-0.05, 0) is 30.7 Å². The zero-order valence-electron chi connectivity index (χ0n) is 13.4. The van der Waals surface area contributed by atoms with Crippen LogP contribution in [0.25, 0.3) is 10.9 Å². The maximum absolute atomic E-state index is 11.0. The summed E-state index contributed by atoms with van der Waals surface area (Å²) < 4.78 is 7.22. The minimum Gasteiger partial charge on any atom is -0.496 e. The van der Waals surface area contributed by atoms with E-state index >= 15 is 0 Å². The number of nitrogens with zero attached hydrogens (tertiary/aromatic N) is 2. The lowest BCUT2D eigenvalue weighted by molar-refractivity contribution is -0.136. The topological polar surface area (TPSA) is 64.4 Å². The number of aromatic nitrogens is 2. The molecule has 0 aliphatic rings. The van der Waals surface area contributed by atoms with Crippen LogP contribution >= 0.6 is 11.6 Å². The predicted octanol–water partition coefficient (Wildman–Crippen LogP) is 3.68. The number of benzene rings is 2. The number of aryl methyl sites for hydroxylation is 1. The van der Waals surface area contributed by atoms with Gasteiger partial charge in [-0.1, -0.05) is 29.8 Å². The van der Waals surface area contributed by atoms with Crippen molar-refractivity contribution in [3.63, 3.8) is 0 Å². The Hall–Kier alpha value is -2.53. The van der Waals surface area contributed by atoms with Crippen LogP contribution in [0.3, 0.4) is 0 Å². The molecular formula is C18H17ClN2O3. The van der Waals surface area contributed by atoms with Gasteiger partial charge >= 0.3 is 5.97 Å². The molecule has 0 spiro atoms. The van der Waals surface area contributed by atoms with Crippen molar-refractivity contribution in [3.8, 4) is 5.75 Å². The fourth-order valence-electron chi connectivity index (χ4n) is 2.82. The van der Waals surface area contributed by atoms with E-state index in [9.17, 15) is 4.79 Å². The highest BCUT2D eigenvalue weighted by Gasteiger charge is 2.14. The number of carboxylic acids is 1. The lowest BCUT2D eigenvalue weighted by Gasteiger charge is -2.11. The number of hydrogen-bond donors (Lipinski definition) is 1. The van der Waals surface area contributed by atoms with Gasteiger partial charge in [-0.25, -0.2) is 0 Å². The summed E-state index contributed by atoms with van der Waals surface area (Å²) in [6.07, 6.45) is -0.0183. The van der Waals surface area contributed by atoms with Gasteiger partial charge in [-0.2, -0.15) is 5.10 Å². The lowest BCUT2D eigenvalue weighted by atomic mass is 10.1. The summed E-state index contributed by atoms with van der Waals surface area (Å²) in [4.78, 5) is 11.0. The van der Waals surface area contributed by atoms with Crippen LogP contribution in [0, 0.1) is 6.92 Å². The normalized spacial score (nSPS) is 11.0. The summed E-state index contributed by atoms with van der Waals surface area (Å²) in [6, 6.07) is 11.1. The summed E-state index contributed by atoms with van der Waals surface area (Å²) in [5.74, 6) is -0.157. The van der Waals surface area contributed by atoms with E-state index in [1.54, 1.807) is 7.11 Å². The molecule has 0 unspecified atom stereocenters.